The predicted molar refractivity (Wildman–Crippen MR) is 57.9 cm³/mol. The van der Waals surface area contributed by atoms with Gasteiger partial charge in [0.1, 0.15) is 6.07 Å². The molecular formula is C10H7BrF2N2O2. The molecule has 17 heavy (non-hydrogen) atoms. The number of alkyl halides is 3. The van der Waals surface area contributed by atoms with Gasteiger partial charge in [0.05, 0.1) is 12.7 Å². The number of rotatable bonds is 3. The molecule has 90 valence electrons. The fourth-order valence-corrected chi connectivity index (χ4v) is 1.73. The molecule has 0 N–H and O–H groups in total. The standard InChI is InChI=1S/C10H7BrF2N2O2/c1-17-10(16)8-6(3-14)7(9(12)13)5(2-11)4-15-8/h4,9H,2H2,1H3. The molecule has 0 aromatic carbocycles. The van der Waals surface area contributed by atoms with Gasteiger partial charge in [0, 0.05) is 17.1 Å². The molecule has 0 aliphatic carbocycles. The molecule has 1 rings (SSSR count). The Hall–Kier alpha value is -1.55. The number of nitriles is 1. The van der Waals surface area contributed by atoms with Crippen molar-refractivity contribution in [2.24, 2.45) is 0 Å². The number of nitrogens with zero attached hydrogens (tertiary/aromatic N) is 2. The van der Waals surface area contributed by atoms with Crippen LogP contribution in [0.3, 0.4) is 0 Å². The van der Waals surface area contributed by atoms with Crippen LogP contribution in [0.25, 0.3) is 0 Å². The van der Waals surface area contributed by atoms with Crippen LogP contribution in [0.4, 0.5) is 8.78 Å². The van der Waals surface area contributed by atoms with Crippen LogP contribution in [0.15, 0.2) is 6.20 Å². The lowest BCUT2D eigenvalue weighted by atomic mass is 10.0. The second-order valence-corrected chi connectivity index (χ2v) is 3.52. The maximum absolute atomic E-state index is 12.9. The van der Waals surface area contributed by atoms with E-state index in [0.29, 0.717) is 0 Å². The lowest BCUT2D eigenvalue weighted by Gasteiger charge is -2.10. The Morgan fingerprint density at radius 3 is 2.76 bits per heavy atom. The number of ether oxygens (including phenoxy) is 1. The number of pyridine rings is 1. The molecule has 0 aliphatic rings. The predicted octanol–water partition coefficient (Wildman–Crippen LogP) is 2.57. The largest absolute Gasteiger partial charge is 0.464 e. The molecule has 0 unspecified atom stereocenters. The van der Waals surface area contributed by atoms with Crippen LogP contribution in [0, 0.1) is 11.3 Å². The molecule has 0 saturated heterocycles. The van der Waals surface area contributed by atoms with Gasteiger partial charge in [-0.2, -0.15) is 5.26 Å². The average molecular weight is 305 g/mol. The lowest BCUT2D eigenvalue weighted by molar-refractivity contribution is 0.0593. The third-order valence-electron chi connectivity index (χ3n) is 2.05. The molecule has 0 aliphatic heterocycles. The fraction of sp³-hybridized carbons (Fsp3) is 0.300. The Morgan fingerprint density at radius 1 is 1.71 bits per heavy atom. The molecule has 1 heterocycles. The van der Waals surface area contributed by atoms with Crippen LogP contribution in [-0.2, 0) is 10.1 Å². The number of carbonyl (C=O) groups is 1. The number of carbonyl (C=O) groups excluding carboxylic acids is 1. The second-order valence-electron chi connectivity index (χ2n) is 2.96. The molecule has 0 fully saturated rings. The first kappa shape index (κ1) is 13.5. The van der Waals surface area contributed by atoms with Gasteiger partial charge in [0.15, 0.2) is 5.69 Å². The van der Waals surface area contributed by atoms with E-state index < -0.39 is 29.2 Å². The molecule has 0 amide bonds. The van der Waals surface area contributed by atoms with Crippen molar-refractivity contribution in [1.29, 1.82) is 5.26 Å². The van der Waals surface area contributed by atoms with Gasteiger partial charge in [0.2, 0.25) is 0 Å². The zero-order valence-corrected chi connectivity index (χ0v) is 10.3. The van der Waals surface area contributed by atoms with E-state index >= 15 is 0 Å². The van der Waals surface area contributed by atoms with Gasteiger partial charge in [-0.15, -0.1) is 0 Å². The Bertz CT molecular complexity index is 486. The lowest BCUT2D eigenvalue weighted by Crippen LogP contribution is -2.11. The summed E-state index contributed by atoms with van der Waals surface area (Å²) in [5.41, 5.74) is -1.15. The molecule has 0 spiro atoms. The van der Waals surface area contributed by atoms with E-state index in [2.05, 4.69) is 25.7 Å². The minimum absolute atomic E-state index is 0.121. The Morgan fingerprint density at radius 2 is 2.35 bits per heavy atom. The van der Waals surface area contributed by atoms with Crippen molar-refractivity contribution in [3.05, 3.63) is 28.6 Å². The van der Waals surface area contributed by atoms with Crippen molar-refractivity contribution < 1.29 is 18.3 Å². The quantitative estimate of drug-likeness (QED) is 0.636. The number of hydrogen-bond donors (Lipinski definition) is 0. The summed E-state index contributed by atoms with van der Waals surface area (Å²) in [4.78, 5) is 14.9. The van der Waals surface area contributed by atoms with Gasteiger partial charge in [-0.05, 0) is 5.56 Å². The Balaban J connectivity index is 3.53. The molecule has 7 heteroatoms. The summed E-state index contributed by atoms with van der Waals surface area (Å²) in [6.07, 6.45) is -1.73. The number of aromatic nitrogens is 1. The molecule has 1 aromatic heterocycles. The van der Waals surface area contributed by atoms with E-state index in [1.807, 2.05) is 0 Å². The van der Waals surface area contributed by atoms with Crippen LogP contribution in [0.5, 0.6) is 0 Å². The van der Waals surface area contributed by atoms with Gasteiger partial charge in [0.25, 0.3) is 6.43 Å². The second kappa shape index (κ2) is 5.68. The van der Waals surface area contributed by atoms with E-state index in [-0.39, 0.29) is 10.9 Å². The van der Waals surface area contributed by atoms with Gasteiger partial charge < -0.3 is 4.74 Å². The monoisotopic (exact) mass is 304 g/mol. The number of hydrogen-bond acceptors (Lipinski definition) is 4. The normalized spacial score (nSPS) is 10.1. The smallest absolute Gasteiger partial charge is 0.358 e. The number of esters is 1. The van der Waals surface area contributed by atoms with Crippen molar-refractivity contribution in [2.45, 2.75) is 11.8 Å². The molecule has 0 saturated carbocycles. The summed E-state index contributed by atoms with van der Waals surface area (Å²) in [7, 11) is 1.09. The summed E-state index contributed by atoms with van der Waals surface area (Å²) in [5, 5.41) is 8.99. The molecule has 0 radical (unpaired) electrons. The maximum atomic E-state index is 12.9. The number of halogens is 3. The van der Waals surface area contributed by atoms with Crippen LogP contribution in [-0.4, -0.2) is 18.1 Å². The van der Waals surface area contributed by atoms with Crippen LogP contribution >= 0.6 is 15.9 Å². The van der Waals surface area contributed by atoms with Crippen molar-refractivity contribution in [1.82, 2.24) is 4.98 Å². The first-order valence-corrected chi connectivity index (χ1v) is 5.53. The minimum Gasteiger partial charge on any atom is -0.464 e. The van der Waals surface area contributed by atoms with Crippen LogP contribution in [0.2, 0.25) is 0 Å². The van der Waals surface area contributed by atoms with Gasteiger partial charge in [-0.1, -0.05) is 15.9 Å². The van der Waals surface area contributed by atoms with Crippen molar-refractivity contribution in [3.8, 4) is 6.07 Å². The summed E-state index contributed by atoms with van der Waals surface area (Å²) in [6, 6.07) is 1.57. The van der Waals surface area contributed by atoms with E-state index in [0.717, 1.165) is 13.3 Å². The highest BCUT2D eigenvalue weighted by atomic mass is 79.9. The summed E-state index contributed by atoms with van der Waals surface area (Å²) < 4.78 is 30.1. The first-order valence-electron chi connectivity index (χ1n) is 4.41. The fourth-order valence-electron chi connectivity index (χ4n) is 1.29. The molecular weight excluding hydrogens is 298 g/mol. The van der Waals surface area contributed by atoms with Gasteiger partial charge in [-0.3, -0.25) is 0 Å². The van der Waals surface area contributed by atoms with Crippen LogP contribution < -0.4 is 0 Å². The highest BCUT2D eigenvalue weighted by Crippen LogP contribution is 2.29. The molecule has 0 bridgehead atoms. The Kier molecular flexibility index (Phi) is 4.52. The van der Waals surface area contributed by atoms with Crippen molar-refractivity contribution >= 4 is 21.9 Å². The summed E-state index contributed by atoms with van der Waals surface area (Å²) >= 11 is 3.02. The van der Waals surface area contributed by atoms with Gasteiger partial charge in [-0.25, -0.2) is 18.6 Å². The molecule has 0 atom stereocenters. The average Bonchev–Trinajstić information content (AvgIpc) is 2.35. The molecule has 4 nitrogen and oxygen atoms in total. The zero-order chi connectivity index (χ0) is 13.0. The van der Waals surface area contributed by atoms with Gasteiger partial charge >= 0.3 is 5.97 Å². The first-order chi connectivity index (χ1) is 8.06. The van der Waals surface area contributed by atoms with E-state index in [4.69, 9.17) is 5.26 Å². The Labute approximate surface area is 104 Å². The molecule has 1 aromatic rings. The highest BCUT2D eigenvalue weighted by molar-refractivity contribution is 9.08. The summed E-state index contributed by atoms with van der Waals surface area (Å²) in [6.45, 7) is 0. The van der Waals surface area contributed by atoms with E-state index in [1.165, 1.54) is 0 Å². The third-order valence-corrected chi connectivity index (χ3v) is 2.66. The van der Waals surface area contributed by atoms with E-state index in [9.17, 15) is 13.6 Å². The zero-order valence-electron chi connectivity index (χ0n) is 8.71. The van der Waals surface area contributed by atoms with Crippen molar-refractivity contribution in [2.75, 3.05) is 7.11 Å². The topological polar surface area (TPSA) is 63.0 Å². The number of methoxy groups -OCH3 is 1. The SMILES string of the molecule is COC(=O)c1ncc(CBr)c(C(F)F)c1C#N. The third kappa shape index (κ3) is 2.58. The summed E-state index contributed by atoms with van der Waals surface area (Å²) in [5.74, 6) is -0.912. The minimum atomic E-state index is -2.86. The van der Waals surface area contributed by atoms with Crippen molar-refractivity contribution in [3.63, 3.8) is 0 Å². The van der Waals surface area contributed by atoms with E-state index in [1.54, 1.807) is 6.07 Å². The van der Waals surface area contributed by atoms with Crippen LogP contribution in [0.1, 0.15) is 33.6 Å². The maximum Gasteiger partial charge on any atom is 0.358 e. The highest BCUT2D eigenvalue weighted by Gasteiger charge is 2.25.